The van der Waals surface area contributed by atoms with Gasteiger partial charge in [0.1, 0.15) is 5.75 Å². The zero-order valence-electron chi connectivity index (χ0n) is 9.90. The van der Waals surface area contributed by atoms with Crippen molar-refractivity contribution in [2.75, 3.05) is 7.11 Å². The molecule has 0 aliphatic carbocycles. The van der Waals surface area contributed by atoms with Crippen molar-refractivity contribution in [3.8, 4) is 5.75 Å². The Morgan fingerprint density at radius 3 is 2.76 bits per heavy atom. The number of methoxy groups -OCH3 is 1. The maximum absolute atomic E-state index is 12.0. The molecule has 2 aromatic rings. The summed E-state index contributed by atoms with van der Waals surface area (Å²) in [4.78, 5) is 12.0. The van der Waals surface area contributed by atoms with Crippen LogP contribution in [0.2, 0.25) is 0 Å². The van der Waals surface area contributed by atoms with Crippen LogP contribution in [0.3, 0.4) is 0 Å². The third kappa shape index (κ3) is 2.07. The first-order chi connectivity index (χ1) is 8.04. The Labute approximate surface area is 108 Å². The zero-order chi connectivity index (χ0) is 12.6. The summed E-state index contributed by atoms with van der Waals surface area (Å²) in [6.07, 6.45) is 1.68. The number of aromatic nitrogens is 2. The summed E-state index contributed by atoms with van der Waals surface area (Å²) < 4.78 is 7.49. The molecule has 0 N–H and O–H groups in total. The van der Waals surface area contributed by atoms with Crippen molar-refractivity contribution in [1.82, 2.24) is 9.78 Å². The van der Waals surface area contributed by atoms with Crippen LogP contribution in [0.1, 0.15) is 18.6 Å². The lowest BCUT2D eigenvalue weighted by atomic mass is 10.2. The van der Waals surface area contributed by atoms with Crippen molar-refractivity contribution in [3.05, 3.63) is 22.8 Å². The number of benzene rings is 1. The van der Waals surface area contributed by atoms with Crippen molar-refractivity contribution in [2.24, 2.45) is 5.92 Å². The minimum atomic E-state index is -0.0901. The van der Waals surface area contributed by atoms with Crippen molar-refractivity contribution in [3.63, 3.8) is 0 Å². The Hall–Kier alpha value is -1.36. The number of hydrogen-bond donors (Lipinski definition) is 0. The molecule has 0 spiro atoms. The Bertz CT molecular complexity index is 575. The summed E-state index contributed by atoms with van der Waals surface area (Å²) in [5, 5.41) is 5.03. The summed E-state index contributed by atoms with van der Waals surface area (Å²) in [5.74, 6) is 0.577. The van der Waals surface area contributed by atoms with Crippen LogP contribution in [-0.4, -0.2) is 22.8 Å². The zero-order valence-corrected chi connectivity index (χ0v) is 11.5. The molecule has 90 valence electrons. The van der Waals surface area contributed by atoms with Crippen LogP contribution in [0, 0.1) is 5.92 Å². The highest BCUT2D eigenvalue weighted by atomic mass is 79.9. The first-order valence-electron chi connectivity index (χ1n) is 5.30. The van der Waals surface area contributed by atoms with E-state index in [1.54, 1.807) is 13.3 Å². The minimum absolute atomic E-state index is 0.0237. The minimum Gasteiger partial charge on any atom is -0.495 e. The molecule has 0 bridgehead atoms. The molecule has 4 nitrogen and oxygen atoms in total. The van der Waals surface area contributed by atoms with Gasteiger partial charge >= 0.3 is 0 Å². The van der Waals surface area contributed by atoms with Crippen molar-refractivity contribution >= 4 is 32.7 Å². The molecule has 1 aromatic carbocycles. The van der Waals surface area contributed by atoms with Gasteiger partial charge in [0.15, 0.2) is 0 Å². The molecule has 0 saturated carbocycles. The van der Waals surface area contributed by atoms with Crippen LogP contribution in [0.25, 0.3) is 10.9 Å². The summed E-state index contributed by atoms with van der Waals surface area (Å²) in [6, 6.07) is 3.71. The molecule has 0 saturated heterocycles. The van der Waals surface area contributed by atoms with Crippen molar-refractivity contribution in [1.29, 1.82) is 0 Å². The molecule has 0 unspecified atom stereocenters. The number of halogens is 1. The number of ether oxygens (including phenoxy) is 1. The van der Waals surface area contributed by atoms with Gasteiger partial charge in [-0.05, 0) is 22.0 Å². The summed E-state index contributed by atoms with van der Waals surface area (Å²) in [5.41, 5.74) is 0.767. The monoisotopic (exact) mass is 296 g/mol. The molecule has 0 atom stereocenters. The van der Waals surface area contributed by atoms with E-state index in [9.17, 15) is 4.79 Å². The summed E-state index contributed by atoms with van der Waals surface area (Å²) in [6.45, 7) is 3.71. The quantitative estimate of drug-likeness (QED) is 0.855. The van der Waals surface area contributed by atoms with E-state index in [1.165, 1.54) is 4.68 Å². The van der Waals surface area contributed by atoms with Gasteiger partial charge in [0.2, 0.25) is 5.91 Å². The SMILES string of the molecule is COc1cc2c(cnn2C(=O)C(C)C)cc1Br. The van der Waals surface area contributed by atoms with E-state index in [2.05, 4.69) is 21.0 Å². The second-order valence-corrected chi connectivity index (χ2v) is 4.95. The van der Waals surface area contributed by atoms with Crippen LogP contribution >= 0.6 is 15.9 Å². The number of fused-ring (bicyclic) bond motifs is 1. The molecule has 5 heteroatoms. The van der Waals surface area contributed by atoms with Gasteiger partial charge in [0, 0.05) is 17.4 Å². The Kier molecular flexibility index (Phi) is 3.19. The lowest BCUT2D eigenvalue weighted by Gasteiger charge is -2.07. The summed E-state index contributed by atoms with van der Waals surface area (Å²) >= 11 is 3.41. The van der Waals surface area contributed by atoms with Gasteiger partial charge in [0.25, 0.3) is 0 Å². The average Bonchev–Trinajstić information content (AvgIpc) is 2.69. The molecule has 17 heavy (non-hydrogen) atoms. The third-order valence-electron chi connectivity index (χ3n) is 2.54. The van der Waals surface area contributed by atoms with Gasteiger partial charge in [-0.15, -0.1) is 0 Å². The first-order valence-corrected chi connectivity index (χ1v) is 6.09. The van der Waals surface area contributed by atoms with E-state index in [-0.39, 0.29) is 11.8 Å². The number of rotatable bonds is 2. The van der Waals surface area contributed by atoms with Gasteiger partial charge in [-0.1, -0.05) is 13.8 Å². The van der Waals surface area contributed by atoms with Gasteiger partial charge in [-0.25, -0.2) is 0 Å². The predicted octanol–water partition coefficient (Wildman–Crippen LogP) is 3.10. The van der Waals surface area contributed by atoms with Crippen LogP contribution in [-0.2, 0) is 0 Å². The van der Waals surface area contributed by atoms with Crippen molar-refractivity contribution < 1.29 is 9.53 Å². The fourth-order valence-electron chi connectivity index (χ4n) is 1.60. The van der Waals surface area contributed by atoms with Gasteiger partial charge in [-0.3, -0.25) is 4.79 Å². The Morgan fingerprint density at radius 2 is 2.18 bits per heavy atom. The number of carbonyl (C=O) groups is 1. The Balaban J connectivity index is 2.63. The van der Waals surface area contributed by atoms with Crippen molar-refractivity contribution in [2.45, 2.75) is 13.8 Å². The molecule has 0 aliphatic heterocycles. The molecule has 2 rings (SSSR count). The number of hydrogen-bond acceptors (Lipinski definition) is 3. The van der Waals surface area contributed by atoms with Crippen LogP contribution in [0.5, 0.6) is 5.75 Å². The number of carbonyl (C=O) groups excluding carboxylic acids is 1. The molecule has 0 amide bonds. The normalized spacial score (nSPS) is 11.1. The standard InChI is InChI=1S/C12H13BrN2O2/c1-7(2)12(16)15-10-5-11(17-3)9(13)4-8(10)6-14-15/h4-7H,1-3H3. The maximum atomic E-state index is 12.0. The molecule has 0 aliphatic rings. The molecule has 1 aromatic heterocycles. The third-order valence-corrected chi connectivity index (χ3v) is 3.16. The van der Waals surface area contributed by atoms with E-state index in [4.69, 9.17) is 4.74 Å². The fourth-order valence-corrected chi connectivity index (χ4v) is 2.13. The van der Waals surface area contributed by atoms with E-state index < -0.39 is 0 Å². The smallest absolute Gasteiger partial charge is 0.249 e. The molecule has 0 radical (unpaired) electrons. The maximum Gasteiger partial charge on any atom is 0.249 e. The van der Waals surface area contributed by atoms with Crippen LogP contribution in [0.15, 0.2) is 22.8 Å². The lowest BCUT2D eigenvalue weighted by Crippen LogP contribution is -2.17. The Morgan fingerprint density at radius 1 is 1.47 bits per heavy atom. The highest BCUT2D eigenvalue weighted by molar-refractivity contribution is 9.10. The highest BCUT2D eigenvalue weighted by Gasteiger charge is 2.15. The van der Waals surface area contributed by atoms with E-state index in [0.29, 0.717) is 5.75 Å². The number of nitrogens with zero attached hydrogens (tertiary/aromatic N) is 2. The van der Waals surface area contributed by atoms with Crippen LogP contribution < -0.4 is 4.74 Å². The topological polar surface area (TPSA) is 44.1 Å². The average molecular weight is 297 g/mol. The van der Waals surface area contributed by atoms with E-state index in [1.807, 2.05) is 26.0 Å². The van der Waals surface area contributed by atoms with Gasteiger partial charge in [0.05, 0.1) is 23.3 Å². The van der Waals surface area contributed by atoms with E-state index >= 15 is 0 Å². The van der Waals surface area contributed by atoms with E-state index in [0.717, 1.165) is 15.4 Å². The fraction of sp³-hybridized carbons (Fsp3) is 0.333. The van der Waals surface area contributed by atoms with Crippen LogP contribution in [0.4, 0.5) is 0 Å². The molecule has 0 fully saturated rings. The van der Waals surface area contributed by atoms with Gasteiger partial charge in [-0.2, -0.15) is 9.78 Å². The largest absolute Gasteiger partial charge is 0.495 e. The molecular formula is C12H13BrN2O2. The lowest BCUT2D eigenvalue weighted by molar-refractivity contribution is 0.0844. The predicted molar refractivity (Wildman–Crippen MR) is 69.4 cm³/mol. The second-order valence-electron chi connectivity index (χ2n) is 4.09. The first kappa shape index (κ1) is 12.1. The molecule has 1 heterocycles. The molecular weight excluding hydrogens is 284 g/mol. The van der Waals surface area contributed by atoms with Gasteiger partial charge < -0.3 is 4.74 Å². The summed E-state index contributed by atoms with van der Waals surface area (Å²) in [7, 11) is 1.59. The highest BCUT2D eigenvalue weighted by Crippen LogP contribution is 2.30. The second kappa shape index (κ2) is 4.49.